The highest BCUT2D eigenvalue weighted by molar-refractivity contribution is 7.09. The summed E-state index contributed by atoms with van der Waals surface area (Å²) in [5.41, 5.74) is 2.99. The molecule has 2 nitrogen and oxygen atoms in total. The van der Waals surface area contributed by atoms with Crippen molar-refractivity contribution in [3.8, 4) is 0 Å². The third-order valence-corrected chi connectivity index (χ3v) is 4.82. The van der Waals surface area contributed by atoms with Crippen molar-refractivity contribution in [1.82, 2.24) is 10.3 Å². The Morgan fingerprint density at radius 2 is 2.05 bits per heavy atom. The van der Waals surface area contributed by atoms with E-state index in [9.17, 15) is 0 Å². The number of fused-ring (bicyclic) bond motifs is 1. The maximum Gasteiger partial charge on any atom is 0.113 e. The molecule has 19 heavy (non-hydrogen) atoms. The van der Waals surface area contributed by atoms with E-state index in [1.54, 1.807) is 11.3 Å². The highest BCUT2D eigenvalue weighted by Gasteiger charge is 2.38. The first-order valence-corrected chi connectivity index (χ1v) is 7.82. The summed E-state index contributed by atoms with van der Waals surface area (Å²) >= 11 is 1.77. The van der Waals surface area contributed by atoms with Crippen LogP contribution in [0.1, 0.15) is 36.4 Å². The van der Waals surface area contributed by atoms with Crippen LogP contribution < -0.4 is 5.32 Å². The third-order valence-electron chi connectivity index (χ3n) is 3.84. The number of aromatic nitrogens is 1. The van der Waals surface area contributed by atoms with Gasteiger partial charge in [0.15, 0.2) is 0 Å². The van der Waals surface area contributed by atoms with Crippen LogP contribution in [0.15, 0.2) is 35.8 Å². The van der Waals surface area contributed by atoms with Gasteiger partial charge in [0, 0.05) is 17.6 Å². The maximum absolute atomic E-state index is 4.59. The molecular formula is C16H20N2S. The van der Waals surface area contributed by atoms with Crippen LogP contribution in [0, 0.1) is 0 Å². The minimum atomic E-state index is 0.0245. The van der Waals surface area contributed by atoms with Crippen LogP contribution in [0.25, 0.3) is 0 Å². The topological polar surface area (TPSA) is 24.9 Å². The van der Waals surface area contributed by atoms with E-state index in [1.807, 2.05) is 6.20 Å². The van der Waals surface area contributed by atoms with Crippen LogP contribution in [-0.2, 0) is 18.4 Å². The maximum atomic E-state index is 4.59. The zero-order valence-corrected chi connectivity index (χ0v) is 12.3. The zero-order chi connectivity index (χ0) is 13.3. The summed E-state index contributed by atoms with van der Waals surface area (Å²) in [6.07, 6.45) is 5.24. The lowest BCUT2D eigenvalue weighted by molar-refractivity contribution is 0.267. The fourth-order valence-electron chi connectivity index (χ4n) is 3.12. The predicted octanol–water partition coefficient (Wildman–Crippen LogP) is 3.53. The first kappa shape index (κ1) is 12.8. The van der Waals surface area contributed by atoms with Gasteiger partial charge >= 0.3 is 0 Å². The minimum absolute atomic E-state index is 0.0245. The van der Waals surface area contributed by atoms with Gasteiger partial charge in [-0.25, -0.2) is 4.98 Å². The molecule has 1 aliphatic rings. The van der Waals surface area contributed by atoms with Crippen LogP contribution in [-0.4, -0.2) is 11.0 Å². The van der Waals surface area contributed by atoms with E-state index >= 15 is 0 Å². The standard InChI is InChI=1S/C16H20N2S/c1-12(2)18-16(15-17-9-10-19-15)8-7-13-5-3-4-6-14(13)11-16/h3-6,9-10,12,18H,7-8,11H2,1-2H3. The van der Waals surface area contributed by atoms with Crippen molar-refractivity contribution < 1.29 is 0 Å². The average molecular weight is 272 g/mol. The van der Waals surface area contributed by atoms with Crippen molar-refractivity contribution in [2.45, 2.75) is 44.7 Å². The van der Waals surface area contributed by atoms with E-state index in [1.165, 1.54) is 16.1 Å². The number of thiazole rings is 1. The van der Waals surface area contributed by atoms with Crippen LogP contribution >= 0.6 is 11.3 Å². The Balaban J connectivity index is 1.99. The molecule has 0 saturated heterocycles. The molecule has 100 valence electrons. The molecule has 2 aromatic rings. The summed E-state index contributed by atoms with van der Waals surface area (Å²) in [6, 6.07) is 9.28. The Kier molecular flexibility index (Phi) is 3.42. The van der Waals surface area contributed by atoms with E-state index in [-0.39, 0.29) is 5.54 Å². The number of benzene rings is 1. The normalized spacial score (nSPS) is 22.5. The van der Waals surface area contributed by atoms with Crippen molar-refractivity contribution in [2.24, 2.45) is 0 Å². The molecular weight excluding hydrogens is 252 g/mol. The number of hydrogen-bond acceptors (Lipinski definition) is 3. The molecule has 1 unspecified atom stereocenters. The Hall–Kier alpha value is -1.19. The smallest absolute Gasteiger partial charge is 0.113 e. The number of nitrogens with zero attached hydrogens (tertiary/aromatic N) is 1. The average Bonchev–Trinajstić information content (AvgIpc) is 2.92. The molecule has 1 aromatic heterocycles. The summed E-state index contributed by atoms with van der Waals surface area (Å²) in [6.45, 7) is 4.44. The van der Waals surface area contributed by atoms with E-state index in [0.717, 1.165) is 19.3 Å². The number of hydrogen-bond donors (Lipinski definition) is 1. The highest BCUT2D eigenvalue weighted by atomic mass is 32.1. The van der Waals surface area contributed by atoms with Gasteiger partial charge in [-0.3, -0.25) is 0 Å². The fraction of sp³-hybridized carbons (Fsp3) is 0.438. The first-order chi connectivity index (χ1) is 9.20. The lowest BCUT2D eigenvalue weighted by Crippen LogP contribution is -2.49. The van der Waals surface area contributed by atoms with Gasteiger partial charge in [-0.2, -0.15) is 0 Å². The second-order valence-electron chi connectivity index (χ2n) is 5.66. The molecule has 3 rings (SSSR count). The molecule has 1 aromatic carbocycles. The molecule has 0 spiro atoms. The molecule has 0 saturated carbocycles. The number of rotatable bonds is 3. The Bertz CT molecular complexity index is 548. The second-order valence-corrected chi connectivity index (χ2v) is 6.56. The van der Waals surface area contributed by atoms with E-state index in [2.05, 4.69) is 53.8 Å². The van der Waals surface area contributed by atoms with Crippen LogP contribution in [0.3, 0.4) is 0 Å². The largest absolute Gasteiger partial charge is 0.303 e. The quantitative estimate of drug-likeness (QED) is 0.924. The molecule has 0 fully saturated rings. The van der Waals surface area contributed by atoms with Gasteiger partial charge in [-0.15, -0.1) is 11.3 Å². The molecule has 0 amide bonds. The number of nitrogens with one attached hydrogen (secondary N) is 1. The van der Waals surface area contributed by atoms with Gasteiger partial charge in [0.2, 0.25) is 0 Å². The van der Waals surface area contributed by atoms with E-state index in [0.29, 0.717) is 6.04 Å². The molecule has 3 heteroatoms. The monoisotopic (exact) mass is 272 g/mol. The van der Waals surface area contributed by atoms with Crippen LogP contribution in [0.5, 0.6) is 0 Å². The van der Waals surface area contributed by atoms with Gasteiger partial charge in [-0.05, 0) is 44.2 Å². The molecule has 0 bridgehead atoms. The first-order valence-electron chi connectivity index (χ1n) is 6.94. The van der Waals surface area contributed by atoms with Crippen LogP contribution in [0.4, 0.5) is 0 Å². The summed E-state index contributed by atoms with van der Waals surface area (Å²) in [5, 5.41) is 7.10. The lowest BCUT2D eigenvalue weighted by atomic mass is 9.78. The van der Waals surface area contributed by atoms with Crippen molar-refractivity contribution in [2.75, 3.05) is 0 Å². The van der Waals surface area contributed by atoms with Crippen molar-refractivity contribution in [1.29, 1.82) is 0 Å². The van der Waals surface area contributed by atoms with Crippen LogP contribution in [0.2, 0.25) is 0 Å². The number of aryl methyl sites for hydroxylation is 1. The van der Waals surface area contributed by atoms with Gasteiger partial charge in [0.1, 0.15) is 5.01 Å². The Morgan fingerprint density at radius 1 is 1.26 bits per heavy atom. The Morgan fingerprint density at radius 3 is 2.74 bits per heavy atom. The minimum Gasteiger partial charge on any atom is -0.303 e. The van der Waals surface area contributed by atoms with Gasteiger partial charge in [0.25, 0.3) is 0 Å². The van der Waals surface area contributed by atoms with Crippen molar-refractivity contribution in [3.05, 3.63) is 52.0 Å². The summed E-state index contributed by atoms with van der Waals surface area (Å²) < 4.78 is 0. The van der Waals surface area contributed by atoms with Crippen molar-refractivity contribution in [3.63, 3.8) is 0 Å². The zero-order valence-electron chi connectivity index (χ0n) is 11.5. The van der Waals surface area contributed by atoms with Gasteiger partial charge < -0.3 is 5.32 Å². The van der Waals surface area contributed by atoms with Gasteiger partial charge in [0.05, 0.1) is 5.54 Å². The second kappa shape index (κ2) is 5.06. The fourth-order valence-corrected chi connectivity index (χ4v) is 3.95. The lowest BCUT2D eigenvalue weighted by Gasteiger charge is -2.39. The molecule has 1 atom stereocenters. The Labute approximate surface area is 118 Å². The van der Waals surface area contributed by atoms with Crippen molar-refractivity contribution >= 4 is 11.3 Å². The van der Waals surface area contributed by atoms with Gasteiger partial charge in [-0.1, -0.05) is 24.3 Å². The van der Waals surface area contributed by atoms with E-state index < -0.39 is 0 Å². The van der Waals surface area contributed by atoms with E-state index in [4.69, 9.17) is 0 Å². The molecule has 1 aliphatic carbocycles. The molecule has 0 aliphatic heterocycles. The summed E-state index contributed by atoms with van der Waals surface area (Å²) in [7, 11) is 0. The third kappa shape index (κ3) is 2.45. The predicted molar refractivity (Wildman–Crippen MR) is 80.5 cm³/mol. The molecule has 1 heterocycles. The summed E-state index contributed by atoms with van der Waals surface area (Å²) in [4.78, 5) is 4.59. The molecule has 1 N–H and O–H groups in total. The molecule has 0 radical (unpaired) electrons. The SMILES string of the molecule is CC(C)NC1(c2nccs2)CCc2ccccc2C1. The summed E-state index contributed by atoms with van der Waals surface area (Å²) in [5.74, 6) is 0. The highest BCUT2D eigenvalue weighted by Crippen LogP contribution is 2.37.